The highest BCUT2D eigenvalue weighted by Crippen LogP contribution is 2.26. The summed E-state index contributed by atoms with van der Waals surface area (Å²) in [5.41, 5.74) is 0.941. The summed E-state index contributed by atoms with van der Waals surface area (Å²) in [4.78, 5) is 15.9. The van der Waals surface area contributed by atoms with Crippen LogP contribution in [0.3, 0.4) is 0 Å². The van der Waals surface area contributed by atoms with Crippen LogP contribution < -0.4 is 5.32 Å². The van der Waals surface area contributed by atoms with Crippen LogP contribution in [0, 0.1) is 0 Å². The molecule has 0 spiro atoms. The number of rotatable bonds is 2. The number of thioether (sulfide) groups is 1. The second kappa shape index (κ2) is 5.48. The van der Waals surface area contributed by atoms with Crippen molar-refractivity contribution in [1.29, 1.82) is 0 Å². The minimum Gasteiger partial charge on any atom is -0.374 e. The lowest BCUT2D eigenvalue weighted by Gasteiger charge is -1.95. The summed E-state index contributed by atoms with van der Waals surface area (Å²) in [6, 6.07) is 7.64. The monoisotopic (exact) mass is 312 g/mol. The number of nitrogens with one attached hydrogen (secondary N) is 1. The first-order chi connectivity index (χ1) is 8.19. The fraction of sp³-hybridized carbons (Fsp3) is 0.0909. The number of carbonyl (C=O) groups is 1. The Balaban J connectivity index is 2.20. The summed E-state index contributed by atoms with van der Waals surface area (Å²) in [5.74, 6) is -0.190. The number of benzene rings is 1. The van der Waals surface area contributed by atoms with Crippen LogP contribution in [0.4, 0.5) is 0 Å². The summed E-state index contributed by atoms with van der Waals surface area (Å²) in [6.45, 7) is -0.325. The molecule has 0 saturated carbocycles. The molecule has 4 nitrogen and oxygen atoms in total. The van der Waals surface area contributed by atoms with Gasteiger partial charge in [-0.1, -0.05) is 28.1 Å². The molecule has 0 unspecified atom stereocenters. The maximum atomic E-state index is 11.6. The zero-order chi connectivity index (χ0) is 12.3. The van der Waals surface area contributed by atoms with Gasteiger partial charge in [-0.15, -0.1) is 0 Å². The van der Waals surface area contributed by atoms with E-state index in [-0.39, 0.29) is 12.6 Å². The third-order valence-electron chi connectivity index (χ3n) is 2.03. The number of hydrogen-bond donors (Lipinski definition) is 2. The van der Waals surface area contributed by atoms with Gasteiger partial charge in [0.15, 0.2) is 5.17 Å². The molecule has 0 atom stereocenters. The van der Waals surface area contributed by atoms with Crippen LogP contribution in [0.5, 0.6) is 0 Å². The number of nitrogens with zero attached hydrogens (tertiary/aromatic N) is 1. The third-order valence-corrected chi connectivity index (χ3v) is 3.51. The predicted molar refractivity (Wildman–Crippen MR) is 72.4 cm³/mol. The van der Waals surface area contributed by atoms with Crippen molar-refractivity contribution < 1.29 is 9.90 Å². The van der Waals surface area contributed by atoms with E-state index in [0.717, 1.165) is 10.0 Å². The molecule has 6 heteroatoms. The Bertz CT molecular complexity index is 497. The average molecular weight is 313 g/mol. The van der Waals surface area contributed by atoms with Crippen LogP contribution in [0.2, 0.25) is 0 Å². The molecule has 1 fully saturated rings. The van der Waals surface area contributed by atoms with Gasteiger partial charge >= 0.3 is 0 Å². The maximum absolute atomic E-state index is 11.6. The van der Waals surface area contributed by atoms with Crippen molar-refractivity contribution in [3.05, 3.63) is 39.2 Å². The second-order valence-electron chi connectivity index (χ2n) is 3.22. The number of aliphatic hydroxyl groups excluding tert-OH is 1. The SMILES string of the molecule is O=C1N/C(=N\CO)S/C1=C\c1ccc(Br)cc1. The van der Waals surface area contributed by atoms with Crippen molar-refractivity contribution in [1.82, 2.24) is 5.32 Å². The van der Waals surface area contributed by atoms with E-state index in [9.17, 15) is 4.79 Å². The fourth-order valence-corrected chi connectivity index (χ4v) is 2.35. The highest BCUT2D eigenvalue weighted by Gasteiger charge is 2.23. The molecule has 0 bridgehead atoms. The molecule has 88 valence electrons. The van der Waals surface area contributed by atoms with E-state index in [1.165, 1.54) is 11.8 Å². The Hall–Kier alpha value is -1.11. The Morgan fingerprint density at radius 2 is 2.12 bits per heavy atom. The highest BCUT2D eigenvalue weighted by molar-refractivity contribution is 9.10. The third kappa shape index (κ3) is 3.18. The van der Waals surface area contributed by atoms with Gasteiger partial charge in [-0.3, -0.25) is 4.79 Å². The summed E-state index contributed by atoms with van der Waals surface area (Å²) >= 11 is 4.57. The molecule has 2 rings (SSSR count). The van der Waals surface area contributed by atoms with Gasteiger partial charge in [-0.25, -0.2) is 4.99 Å². The standard InChI is InChI=1S/C11H9BrN2O2S/c12-8-3-1-7(2-4-8)5-9-10(16)14-11(17-9)13-6-15/h1-5,15H,6H2,(H,13,14,16)/b9-5-. The van der Waals surface area contributed by atoms with Gasteiger partial charge < -0.3 is 10.4 Å². The van der Waals surface area contributed by atoms with Gasteiger partial charge in [-0.2, -0.15) is 0 Å². The summed E-state index contributed by atoms with van der Waals surface area (Å²) in [5, 5.41) is 11.6. The number of carbonyl (C=O) groups excluding carboxylic acids is 1. The van der Waals surface area contributed by atoms with E-state index in [1.54, 1.807) is 6.08 Å². The highest BCUT2D eigenvalue weighted by atomic mass is 79.9. The Morgan fingerprint density at radius 3 is 2.76 bits per heavy atom. The van der Waals surface area contributed by atoms with Crippen molar-refractivity contribution in [3.63, 3.8) is 0 Å². The van der Waals surface area contributed by atoms with Gasteiger partial charge in [0.2, 0.25) is 0 Å². The van der Waals surface area contributed by atoms with Gasteiger partial charge in [0.25, 0.3) is 5.91 Å². The molecular formula is C11H9BrN2O2S. The summed E-state index contributed by atoms with van der Waals surface area (Å²) in [7, 11) is 0. The second-order valence-corrected chi connectivity index (χ2v) is 5.17. The lowest BCUT2D eigenvalue weighted by molar-refractivity contribution is -0.115. The molecule has 0 radical (unpaired) electrons. The number of halogens is 1. The van der Waals surface area contributed by atoms with Crippen molar-refractivity contribution in [2.75, 3.05) is 6.73 Å². The van der Waals surface area contributed by atoms with Crippen molar-refractivity contribution >= 4 is 44.8 Å². The predicted octanol–water partition coefficient (Wildman–Crippen LogP) is 1.96. The largest absolute Gasteiger partial charge is 0.374 e. The first-order valence-electron chi connectivity index (χ1n) is 4.81. The number of hydrogen-bond acceptors (Lipinski definition) is 4. The molecule has 1 saturated heterocycles. The minimum atomic E-state index is -0.325. The molecule has 1 heterocycles. The zero-order valence-electron chi connectivity index (χ0n) is 8.68. The van der Waals surface area contributed by atoms with Gasteiger partial charge in [0.05, 0.1) is 4.91 Å². The van der Waals surface area contributed by atoms with E-state index >= 15 is 0 Å². The number of amidine groups is 1. The van der Waals surface area contributed by atoms with Gasteiger partial charge in [0, 0.05) is 4.47 Å². The first-order valence-corrected chi connectivity index (χ1v) is 6.42. The molecule has 17 heavy (non-hydrogen) atoms. The minimum absolute atomic E-state index is 0.190. The van der Waals surface area contributed by atoms with Crippen LogP contribution in [-0.4, -0.2) is 22.9 Å². The topological polar surface area (TPSA) is 61.7 Å². The van der Waals surface area contributed by atoms with Crippen LogP contribution in [0.15, 0.2) is 38.6 Å². The van der Waals surface area contributed by atoms with E-state index < -0.39 is 0 Å². The van der Waals surface area contributed by atoms with E-state index in [0.29, 0.717) is 10.1 Å². The molecule has 1 aliphatic rings. The molecule has 1 aromatic carbocycles. The lowest BCUT2D eigenvalue weighted by atomic mass is 10.2. The van der Waals surface area contributed by atoms with E-state index in [1.807, 2.05) is 24.3 Å². The van der Waals surface area contributed by atoms with Gasteiger partial charge in [-0.05, 0) is 35.5 Å². The lowest BCUT2D eigenvalue weighted by Crippen LogP contribution is -2.19. The smallest absolute Gasteiger partial charge is 0.264 e. The van der Waals surface area contributed by atoms with E-state index in [2.05, 4.69) is 26.2 Å². The maximum Gasteiger partial charge on any atom is 0.264 e. The van der Waals surface area contributed by atoms with Crippen LogP contribution in [0.1, 0.15) is 5.56 Å². The quantitative estimate of drug-likeness (QED) is 0.821. The van der Waals surface area contributed by atoms with Crippen LogP contribution >= 0.6 is 27.7 Å². The van der Waals surface area contributed by atoms with Gasteiger partial charge in [0.1, 0.15) is 6.73 Å². The molecule has 0 aliphatic carbocycles. The number of aliphatic imine (C=N–C) groups is 1. The Kier molecular flexibility index (Phi) is 3.98. The molecule has 0 aromatic heterocycles. The number of aliphatic hydroxyl groups is 1. The molecule has 1 amide bonds. The molecule has 1 aliphatic heterocycles. The first kappa shape index (κ1) is 12.3. The summed E-state index contributed by atoms with van der Waals surface area (Å²) < 4.78 is 0.991. The Morgan fingerprint density at radius 1 is 1.41 bits per heavy atom. The molecular weight excluding hydrogens is 304 g/mol. The summed E-state index contributed by atoms with van der Waals surface area (Å²) in [6.07, 6.45) is 1.78. The average Bonchev–Trinajstić information content (AvgIpc) is 2.63. The number of amides is 1. The van der Waals surface area contributed by atoms with Crippen molar-refractivity contribution in [2.24, 2.45) is 4.99 Å². The van der Waals surface area contributed by atoms with Crippen LogP contribution in [-0.2, 0) is 4.79 Å². The van der Waals surface area contributed by atoms with Crippen molar-refractivity contribution in [3.8, 4) is 0 Å². The normalized spacial score (nSPS) is 20.0. The molecule has 2 N–H and O–H groups in total. The van der Waals surface area contributed by atoms with E-state index in [4.69, 9.17) is 5.11 Å². The van der Waals surface area contributed by atoms with Crippen molar-refractivity contribution in [2.45, 2.75) is 0 Å². The molecule has 1 aromatic rings. The zero-order valence-corrected chi connectivity index (χ0v) is 11.1. The van der Waals surface area contributed by atoms with Crippen LogP contribution in [0.25, 0.3) is 6.08 Å². The Labute approximate surface area is 111 Å². The fourth-order valence-electron chi connectivity index (χ4n) is 1.28.